The van der Waals surface area contributed by atoms with Crippen molar-refractivity contribution in [1.82, 2.24) is 9.80 Å². The number of hydrogen-bond donors (Lipinski definition) is 0. The van der Waals surface area contributed by atoms with E-state index in [2.05, 4.69) is 119 Å². The number of nitrogens with zero attached hydrogens (tertiary/aromatic N) is 2. The van der Waals surface area contributed by atoms with Crippen molar-refractivity contribution in [2.45, 2.75) is 5.54 Å². The van der Waals surface area contributed by atoms with E-state index in [1.807, 2.05) is 0 Å². The normalized spacial score (nSPS) is 17.0. The summed E-state index contributed by atoms with van der Waals surface area (Å²) in [6.45, 7) is 4.13. The molecule has 3 aromatic rings. The molecule has 0 unspecified atom stereocenters. The van der Waals surface area contributed by atoms with Gasteiger partial charge in [-0.05, 0) is 28.8 Å². The minimum atomic E-state index is -0.292. The molecule has 3 aromatic carbocycles. The number of piperazine rings is 1. The molecule has 0 bridgehead atoms. The molecule has 1 aliphatic carbocycles. The van der Waals surface area contributed by atoms with Crippen molar-refractivity contribution >= 4 is 0 Å². The molecule has 1 saturated heterocycles. The lowest BCUT2D eigenvalue weighted by Crippen LogP contribution is -2.56. The SMILES string of the molecule is C1=CC(N2CCN(C(c3ccccc3)(c3ccccc3)c3ccccc3)CC2)=C1. The molecular formula is C27H26N2. The molecule has 0 spiro atoms. The lowest BCUT2D eigenvalue weighted by atomic mass is 9.75. The summed E-state index contributed by atoms with van der Waals surface area (Å²) in [7, 11) is 0. The average Bonchev–Trinajstić information content (AvgIpc) is 2.77. The fourth-order valence-corrected chi connectivity index (χ4v) is 4.78. The molecular weight excluding hydrogens is 352 g/mol. The van der Waals surface area contributed by atoms with Crippen LogP contribution in [0.3, 0.4) is 0 Å². The van der Waals surface area contributed by atoms with Crippen LogP contribution in [0.5, 0.6) is 0 Å². The van der Waals surface area contributed by atoms with E-state index in [1.54, 1.807) is 0 Å². The molecule has 0 N–H and O–H groups in total. The summed E-state index contributed by atoms with van der Waals surface area (Å²) in [5.41, 5.74) is 5.06. The van der Waals surface area contributed by atoms with Crippen molar-refractivity contribution in [3.8, 4) is 0 Å². The van der Waals surface area contributed by atoms with Crippen LogP contribution in [-0.2, 0) is 5.54 Å². The van der Waals surface area contributed by atoms with E-state index in [-0.39, 0.29) is 5.54 Å². The molecule has 2 nitrogen and oxygen atoms in total. The van der Waals surface area contributed by atoms with Crippen LogP contribution in [0.15, 0.2) is 115 Å². The van der Waals surface area contributed by atoms with Crippen molar-refractivity contribution in [2.75, 3.05) is 26.2 Å². The summed E-state index contributed by atoms with van der Waals surface area (Å²) in [4.78, 5) is 5.18. The van der Waals surface area contributed by atoms with Gasteiger partial charge in [0.25, 0.3) is 0 Å². The maximum absolute atomic E-state index is 2.67. The monoisotopic (exact) mass is 378 g/mol. The van der Waals surface area contributed by atoms with Crippen molar-refractivity contribution in [3.63, 3.8) is 0 Å². The Morgan fingerprint density at radius 2 is 0.966 bits per heavy atom. The Kier molecular flexibility index (Phi) is 4.79. The Morgan fingerprint density at radius 3 is 1.31 bits per heavy atom. The third kappa shape index (κ3) is 3.10. The van der Waals surface area contributed by atoms with Gasteiger partial charge in [0.15, 0.2) is 0 Å². The standard InChI is InChI=1S/C27H26N2/c1-4-11-23(12-5-1)27(24-13-6-2-7-14-24,25-15-8-3-9-16-25)29-21-19-28(20-22-29)26-17-10-18-26/h1-18H,19-22H2. The van der Waals surface area contributed by atoms with E-state index in [0.717, 1.165) is 26.2 Å². The van der Waals surface area contributed by atoms with Gasteiger partial charge in [-0.25, -0.2) is 0 Å². The minimum absolute atomic E-state index is 0.292. The first-order chi connectivity index (χ1) is 14.4. The van der Waals surface area contributed by atoms with Gasteiger partial charge in [0.1, 0.15) is 0 Å². The summed E-state index contributed by atoms with van der Waals surface area (Å²) in [6, 6.07) is 33.0. The van der Waals surface area contributed by atoms with Gasteiger partial charge in [0.2, 0.25) is 0 Å². The van der Waals surface area contributed by atoms with Crippen molar-refractivity contribution in [1.29, 1.82) is 0 Å². The van der Waals surface area contributed by atoms with E-state index in [1.165, 1.54) is 22.4 Å². The van der Waals surface area contributed by atoms with Crippen LogP contribution in [0, 0.1) is 0 Å². The summed E-state index contributed by atoms with van der Waals surface area (Å²) in [6.07, 6.45) is 6.56. The molecule has 29 heavy (non-hydrogen) atoms. The molecule has 1 fully saturated rings. The number of hydrogen-bond acceptors (Lipinski definition) is 2. The highest BCUT2D eigenvalue weighted by Gasteiger charge is 2.43. The molecule has 1 aliphatic heterocycles. The molecule has 2 heteroatoms. The van der Waals surface area contributed by atoms with Gasteiger partial charge in [-0.3, -0.25) is 4.90 Å². The zero-order chi connectivity index (χ0) is 19.5. The number of allylic oxidation sites excluding steroid dienone is 3. The molecule has 5 rings (SSSR count). The second kappa shape index (κ2) is 7.73. The molecule has 1 heterocycles. The number of benzene rings is 3. The smallest absolute Gasteiger partial charge is 0.0974 e. The maximum atomic E-state index is 2.67. The Morgan fingerprint density at radius 1 is 0.552 bits per heavy atom. The second-order valence-corrected chi connectivity index (χ2v) is 7.73. The van der Waals surface area contributed by atoms with Crippen molar-refractivity contribution < 1.29 is 0 Å². The van der Waals surface area contributed by atoms with Gasteiger partial charge in [-0.2, -0.15) is 0 Å². The first-order valence-corrected chi connectivity index (χ1v) is 10.4. The lowest BCUT2D eigenvalue weighted by Gasteiger charge is -2.49. The Hall–Kier alpha value is -3.10. The van der Waals surface area contributed by atoms with Gasteiger partial charge >= 0.3 is 0 Å². The van der Waals surface area contributed by atoms with E-state index >= 15 is 0 Å². The van der Waals surface area contributed by atoms with Crippen LogP contribution in [0.4, 0.5) is 0 Å². The fraction of sp³-hybridized carbons (Fsp3) is 0.185. The molecule has 0 atom stereocenters. The number of rotatable bonds is 5. The van der Waals surface area contributed by atoms with Gasteiger partial charge in [0, 0.05) is 31.9 Å². The Balaban J connectivity index is 1.64. The second-order valence-electron chi connectivity index (χ2n) is 7.73. The van der Waals surface area contributed by atoms with E-state index in [0.29, 0.717) is 0 Å². The Bertz CT molecular complexity index is 902. The minimum Gasteiger partial charge on any atom is -0.369 e. The summed E-state index contributed by atoms with van der Waals surface area (Å²) in [5.74, 6) is 0. The molecule has 0 radical (unpaired) electrons. The van der Waals surface area contributed by atoms with Gasteiger partial charge in [-0.15, -0.1) is 0 Å². The van der Waals surface area contributed by atoms with E-state index < -0.39 is 0 Å². The van der Waals surface area contributed by atoms with Crippen LogP contribution < -0.4 is 0 Å². The predicted octanol–water partition coefficient (Wildman–Crippen LogP) is 5.05. The molecule has 0 saturated carbocycles. The van der Waals surface area contributed by atoms with Crippen molar-refractivity contribution in [2.24, 2.45) is 0 Å². The highest BCUT2D eigenvalue weighted by atomic mass is 15.3. The van der Waals surface area contributed by atoms with Crippen molar-refractivity contribution in [3.05, 3.63) is 132 Å². The average molecular weight is 379 g/mol. The zero-order valence-corrected chi connectivity index (χ0v) is 16.6. The largest absolute Gasteiger partial charge is 0.369 e. The van der Waals surface area contributed by atoms with Crippen LogP contribution in [0.1, 0.15) is 16.7 Å². The van der Waals surface area contributed by atoms with Crippen LogP contribution >= 0.6 is 0 Å². The summed E-state index contributed by atoms with van der Waals surface area (Å²) < 4.78 is 0. The predicted molar refractivity (Wildman–Crippen MR) is 120 cm³/mol. The quantitative estimate of drug-likeness (QED) is 0.573. The topological polar surface area (TPSA) is 6.48 Å². The van der Waals surface area contributed by atoms with Gasteiger partial charge in [0.05, 0.1) is 5.54 Å². The molecule has 144 valence electrons. The molecule has 0 amide bonds. The van der Waals surface area contributed by atoms with E-state index in [4.69, 9.17) is 0 Å². The summed E-state index contributed by atoms with van der Waals surface area (Å²) in [5, 5.41) is 0. The summed E-state index contributed by atoms with van der Waals surface area (Å²) >= 11 is 0. The van der Waals surface area contributed by atoms with Crippen LogP contribution in [-0.4, -0.2) is 36.0 Å². The third-order valence-electron chi connectivity index (χ3n) is 6.23. The Labute approximate surface area is 173 Å². The third-order valence-corrected chi connectivity index (χ3v) is 6.23. The molecule has 0 aromatic heterocycles. The molecule has 2 aliphatic rings. The zero-order valence-electron chi connectivity index (χ0n) is 16.6. The first-order valence-electron chi connectivity index (χ1n) is 10.4. The van der Waals surface area contributed by atoms with E-state index in [9.17, 15) is 0 Å². The van der Waals surface area contributed by atoms with Crippen LogP contribution in [0.25, 0.3) is 0 Å². The van der Waals surface area contributed by atoms with Gasteiger partial charge < -0.3 is 4.90 Å². The maximum Gasteiger partial charge on any atom is 0.0974 e. The fourth-order valence-electron chi connectivity index (χ4n) is 4.78. The first kappa shape index (κ1) is 18.0. The lowest BCUT2D eigenvalue weighted by molar-refractivity contribution is 0.0900. The van der Waals surface area contributed by atoms with Gasteiger partial charge in [-0.1, -0.05) is 97.1 Å². The highest BCUT2D eigenvalue weighted by molar-refractivity contribution is 5.50. The van der Waals surface area contributed by atoms with Crippen LogP contribution in [0.2, 0.25) is 0 Å². The highest BCUT2D eigenvalue weighted by Crippen LogP contribution is 2.43.